The van der Waals surface area contributed by atoms with Crippen LogP contribution in [0, 0.1) is 16.7 Å². The number of carbonyl (C=O) groups excluding carboxylic acids is 7. The highest BCUT2D eigenvalue weighted by atomic mass is 16.6. The van der Waals surface area contributed by atoms with Crippen LogP contribution in [0.2, 0.25) is 0 Å². The quantitative estimate of drug-likeness (QED) is 0.115. The van der Waals surface area contributed by atoms with Gasteiger partial charge in [-0.2, -0.15) is 0 Å². The van der Waals surface area contributed by atoms with Gasteiger partial charge in [0.1, 0.15) is 30.0 Å². The maximum Gasteiger partial charge on any atom is 0.338 e. The highest BCUT2D eigenvalue weighted by Gasteiger charge is 2.79. The Morgan fingerprint density at radius 3 is 1.93 bits per heavy atom. The molecule has 0 aromatic heterocycles. The first-order valence-corrected chi connectivity index (χ1v) is 22.5. The van der Waals surface area contributed by atoms with E-state index in [1.54, 1.807) is 99.6 Å². The topological polar surface area (TPSA) is 227 Å². The zero-order chi connectivity index (χ0) is 48.6. The van der Waals surface area contributed by atoms with E-state index in [0.717, 1.165) is 6.92 Å². The largest absolute Gasteiger partial charge is 0.461 e. The molecule has 16 heteroatoms. The molecule has 1 saturated heterocycles. The summed E-state index contributed by atoms with van der Waals surface area (Å²) in [6.45, 7) is 10.0. The van der Waals surface area contributed by atoms with Gasteiger partial charge in [0.05, 0.1) is 29.5 Å². The second-order valence-electron chi connectivity index (χ2n) is 18.4. The van der Waals surface area contributed by atoms with Crippen LogP contribution < -0.4 is 5.32 Å². The van der Waals surface area contributed by atoms with Crippen LogP contribution in [-0.2, 0) is 52.4 Å². The second-order valence-corrected chi connectivity index (χ2v) is 18.4. The normalized spacial score (nSPS) is 30.3. The summed E-state index contributed by atoms with van der Waals surface area (Å²) >= 11 is 0. The number of fused-ring (bicyclic) bond motifs is 5. The first kappa shape index (κ1) is 48.7. The van der Waals surface area contributed by atoms with Gasteiger partial charge in [-0.3, -0.25) is 24.0 Å². The zero-order valence-electron chi connectivity index (χ0n) is 38.5. The third-order valence-corrected chi connectivity index (χ3v) is 14.3. The van der Waals surface area contributed by atoms with E-state index >= 15 is 4.79 Å². The lowest BCUT2D eigenvalue weighted by Crippen LogP contribution is -2.82. The van der Waals surface area contributed by atoms with E-state index in [1.807, 2.05) is 0 Å². The van der Waals surface area contributed by atoms with Gasteiger partial charge in [-0.25, -0.2) is 9.59 Å². The van der Waals surface area contributed by atoms with Crippen LogP contribution in [0.3, 0.4) is 0 Å². The van der Waals surface area contributed by atoms with E-state index in [9.17, 15) is 39.0 Å². The predicted molar refractivity (Wildman–Crippen MR) is 236 cm³/mol. The number of nitrogens with one attached hydrogen (secondary N) is 1. The average Bonchev–Trinajstić information content (AvgIpc) is 3.31. The van der Waals surface area contributed by atoms with Crippen LogP contribution in [0.1, 0.15) is 106 Å². The summed E-state index contributed by atoms with van der Waals surface area (Å²) < 4.78 is 37.1. The van der Waals surface area contributed by atoms with Crippen molar-refractivity contribution in [2.24, 2.45) is 16.7 Å². The minimum atomic E-state index is -2.43. The standard InChI is InChI=1S/C51H57NO15/c1-8-36(54)64-34-25-35-50(27-62-35,67-29(4)53)42-44(66-46(59)32-23-17-12-18-24-32)51(61)26-33(28(3)38(48(51,5)6)41(65-37(55)9-2)43(57)49(34,42)7)63-47(60)40(56)39(30-19-13-10-14-20-30)52-45(58)31-21-15-11-16-22-31/h10-24,33-35,39-42,44,56,61H,8-9,25-27H2,1-7H3,(H,52,58)/t33-,34-,35+,39-,40+,41+,42-,44-,49+,50-,51+/m0/s1. The van der Waals surface area contributed by atoms with E-state index in [2.05, 4.69) is 5.32 Å². The number of benzene rings is 3. The van der Waals surface area contributed by atoms with E-state index in [-0.39, 0.29) is 48.1 Å². The summed E-state index contributed by atoms with van der Waals surface area (Å²) in [5.41, 5.74) is -7.20. The fraction of sp³-hybridized carbons (Fsp3) is 0.471. The maximum absolute atomic E-state index is 16.0. The lowest BCUT2D eigenvalue weighted by Gasteiger charge is -2.67. The summed E-state index contributed by atoms with van der Waals surface area (Å²) in [5, 5.41) is 28.6. The van der Waals surface area contributed by atoms with Gasteiger partial charge in [0.2, 0.25) is 0 Å². The molecule has 3 fully saturated rings. The highest BCUT2D eigenvalue weighted by molar-refractivity contribution is 5.96. The average molecular weight is 924 g/mol. The molecule has 0 unspecified atom stereocenters. The minimum absolute atomic E-state index is 0.00754. The molecule has 0 radical (unpaired) electrons. The molecule has 3 aromatic rings. The van der Waals surface area contributed by atoms with Crippen LogP contribution in [0.25, 0.3) is 0 Å². The van der Waals surface area contributed by atoms with Crippen molar-refractivity contribution in [2.45, 2.75) is 128 Å². The highest BCUT2D eigenvalue weighted by Crippen LogP contribution is 2.65. The lowest BCUT2D eigenvalue weighted by molar-refractivity contribution is -0.346. The van der Waals surface area contributed by atoms with E-state index in [0.29, 0.717) is 5.56 Å². The van der Waals surface area contributed by atoms with Gasteiger partial charge in [-0.1, -0.05) is 94.4 Å². The number of aliphatic hydroxyl groups is 2. The number of amides is 1. The summed E-state index contributed by atoms with van der Waals surface area (Å²) in [5.74, 6) is -7.53. The van der Waals surface area contributed by atoms with E-state index in [4.69, 9.17) is 28.4 Å². The Bertz CT molecular complexity index is 2440. The Hall–Kier alpha value is -6.23. The molecular weight excluding hydrogens is 867 g/mol. The molecule has 1 amide bonds. The van der Waals surface area contributed by atoms with Crippen molar-refractivity contribution in [1.29, 1.82) is 0 Å². The van der Waals surface area contributed by atoms with Gasteiger partial charge in [-0.05, 0) is 54.8 Å². The molecule has 2 bridgehead atoms. The maximum atomic E-state index is 16.0. The number of Topliss-reactive ketones (excluding diaryl/α,β-unsaturated/α-hetero) is 1. The Kier molecular flexibility index (Phi) is 13.7. The van der Waals surface area contributed by atoms with Gasteiger partial charge in [0.25, 0.3) is 5.91 Å². The molecule has 11 atom stereocenters. The summed E-state index contributed by atoms with van der Waals surface area (Å²) in [4.78, 5) is 98.6. The van der Waals surface area contributed by atoms with Crippen molar-refractivity contribution in [2.75, 3.05) is 6.61 Å². The number of carbonyl (C=O) groups is 7. The molecule has 67 heavy (non-hydrogen) atoms. The van der Waals surface area contributed by atoms with Crippen molar-refractivity contribution >= 4 is 41.5 Å². The summed E-state index contributed by atoms with van der Waals surface area (Å²) in [6, 6.07) is 22.9. The Morgan fingerprint density at radius 2 is 1.37 bits per heavy atom. The second kappa shape index (κ2) is 18.8. The van der Waals surface area contributed by atoms with Crippen LogP contribution in [0.5, 0.6) is 0 Å². The first-order chi connectivity index (χ1) is 31.7. The molecule has 7 rings (SSSR count). The number of ether oxygens (including phenoxy) is 6. The van der Waals surface area contributed by atoms with Crippen LogP contribution in [-0.4, -0.2) is 106 Å². The van der Waals surface area contributed by atoms with Crippen LogP contribution in [0.4, 0.5) is 0 Å². The number of ketones is 1. The third kappa shape index (κ3) is 8.55. The van der Waals surface area contributed by atoms with Gasteiger partial charge in [0.15, 0.2) is 23.6 Å². The molecule has 0 spiro atoms. The first-order valence-electron chi connectivity index (χ1n) is 22.5. The third-order valence-electron chi connectivity index (χ3n) is 14.3. The van der Waals surface area contributed by atoms with Crippen molar-refractivity contribution < 1.29 is 72.2 Å². The van der Waals surface area contributed by atoms with Crippen molar-refractivity contribution in [3.63, 3.8) is 0 Å². The molecular formula is C51H57NO15. The van der Waals surface area contributed by atoms with Crippen molar-refractivity contribution in [3.05, 3.63) is 119 Å². The van der Waals surface area contributed by atoms with Gasteiger partial charge in [-0.15, -0.1) is 0 Å². The molecule has 16 nitrogen and oxygen atoms in total. The number of hydrogen-bond acceptors (Lipinski definition) is 15. The summed E-state index contributed by atoms with van der Waals surface area (Å²) in [6.07, 6.45) is -10.8. The van der Waals surface area contributed by atoms with Crippen LogP contribution in [0.15, 0.2) is 102 Å². The molecule has 356 valence electrons. The predicted octanol–water partition coefficient (Wildman–Crippen LogP) is 5.09. The number of aliphatic hydroxyl groups excluding tert-OH is 1. The number of rotatable bonds is 13. The lowest BCUT2D eigenvalue weighted by atomic mass is 9.44. The van der Waals surface area contributed by atoms with Crippen molar-refractivity contribution in [3.8, 4) is 0 Å². The molecule has 1 heterocycles. The van der Waals surface area contributed by atoms with Gasteiger partial charge < -0.3 is 44.0 Å². The van der Waals surface area contributed by atoms with E-state index in [1.165, 1.54) is 32.9 Å². The SMILES string of the molecule is CCC(=O)O[C@H]1C(=O)[C@]2(C)[C@@H](OC(=O)CC)C[C@H]3OC[C@@]3(OC(C)=O)[C@H]2[C@H](OC(=O)c2ccccc2)[C@]2(O)C[C@H](OC(=O)[C@H](O)[C@@H](NC(=O)c3ccccc3)c3ccccc3)C(C)=C1C2(C)C. The summed E-state index contributed by atoms with van der Waals surface area (Å²) in [7, 11) is 0. The Morgan fingerprint density at radius 1 is 0.806 bits per heavy atom. The molecule has 3 aliphatic carbocycles. The zero-order valence-corrected chi connectivity index (χ0v) is 38.5. The molecule has 3 aromatic carbocycles. The van der Waals surface area contributed by atoms with Gasteiger partial charge in [0, 0.05) is 43.6 Å². The minimum Gasteiger partial charge on any atom is -0.461 e. The number of hydrogen-bond donors (Lipinski definition) is 3. The van der Waals surface area contributed by atoms with Gasteiger partial charge >= 0.3 is 29.8 Å². The fourth-order valence-corrected chi connectivity index (χ4v) is 10.6. The monoisotopic (exact) mass is 923 g/mol. The molecule has 2 saturated carbocycles. The Labute approximate surface area is 388 Å². The molecule has 3 N–H and O–H groups in total. The number of esters is 5. The van der Waals surface area contributed by atoms with E-state index < -0.39 is 119 Å². The van der Waals surface area contributed by atoms with Crippen molar-refractivity contribution in [1.82, 2.24) is 5.32 Å². The smallest absolute Gasteiger partial charge is 0.338 e. The molecule has 1 aliphatic heterocycles. The Balaban J connectivity index is 1.43. The van der Waals surface area contributed by atoms with Crippen LogP contribution >= 0.6 is 0 Å². The molecule has 4 aliphatic rings. The fourth-order valence-electron chi connectivity index (χ4n) is 10.6.